The van der Waals surface area contributed by atoms with Crippen LogP contribution in [0.25, 0.3) is 0 Å². The van der Waals surface area contributed by atoms with E-state index in [1.165, 1.54) is 19.2 Å². The second-order valence-electron chi connectivity index (χ2n) is 4.24. The third-order valence-electron chi connectivity index (χ3n) is 3.22. The van der Waals surface area contributed by atoms with Crippen LogP contribution in [0.4, 0.5) is 4.39 Å². The Bertz CT molecular complexity index is 436. The molecule has 18 heavy (non-hydrogen) atoms. The van der Waals surface area contributed by atoms with Gasteiger partial charge in [0.1, 0.15) is 17.6 Å². The summed E-state index contributed by atoms with van der Waals surface area (Å²) < 4.78 is 18.4. The number of aliphatic carboxylic acids is 1. The van der Waals surface area contributed by atoms with Crippen LogP contribution in [0.1, 0.15) is 25.5 Å². The fourth-order valence-corrected chi connectivity index (χ4v) is 1.76. The average Bonchev–Trinajstić information content (AvgIpc) is 2.35. The lowest BCUT2D eigenvalue weighted by Crippen LogP contribution is -2.37. The summed E-state index contributed by atoms with van der Waals surface area (Å²) in [5.41, 5.74) is 0.633. The van der Waals surface area contributed by atoms with Gasteiger partial charge in [-0.3, -0.25) is 9.69 Å². The number of hydrogen-bond acceptors (Lipinski definition) is 3. The highest BCUT2D eigenvalue weighted by Gasteiger charge is 2.24. The summed E-state index contributed by atoms with van der Waals surface area (Å²) in [4.78, 5) is 12.6. The third-order valence-corrected chi connectivity index (χ3v) is 3.22. The van der Waals surface area contributed by atoms with Gasteiger partial charge in [-0.25, -0.2) is 4.39 Å². The van der Waals surface area contributed by atoms with Crippen molar-refractivity contribution in [3.05, 3.63) is 29.6 Å². The second-order valence-corrected chi connectivity index (χ2v) is 4.24. The zero-order valence-electron chi connectivity index (χ0n) is 11.0. The minimum absolute atomic E-state index is 0.262. The molecule has 0 radical (unpaired) electrons. The van der Waals surface area contributed by atoms with Crippen molar-refractivity contribution in [1.29, 1.82) is 0 Å². The Hall–Kier alpha value is -1.62. The van der Waals surface area contributed by atoms with Gasteiger partial charge < -0.3 is 9.84 Å². The first-order chi connectivity index (χ1) is 8.38. The maximum atomic E-state index is 13.3. The Labute approximate surface area is 106 Å². The summed E-state index contributed by atoms with van der Waals surface area (Å²) in [5, 5.41) is 8.98. The van der Waals surface area contributed by atoms with E-state index in [2.05, 4.69) is 0 Å². The molecule has 0 saturated carbocycles. The number of hydrogen-bond donors (Lipinski definition) is 1. The molecule has 0 spiro atoms. The van der Waals surface area contributed by atoms with Crippen molar-refractivity contribution in [2.45, 2.75) is 25.9 Å². The molecule has 100 valence electrons. The first-order valence-electron chi connectivity index (χ1n) is 5.66. The van der Waals surface area contributed by atoms with Gasteiger partial charge in [0.2, 0.25) is 0 Å². The quantitative estimate of drug-likeness (QED) is 0.877. The minimum atomic E-state index is -0.917. The summed E-state index contributed by atoms with van der Waals surface area (Å²) in [6, 6.07) is 3.31. The summed E-state index contributed by atoms with van der Waals surface area (Å²) >= 11 is 0. The summed E-state index contributed by atoms with van der Waals surface area (Å²) in [6.45, 7) is 3.40. The first-order valence-corrected chi connectivity index (χ1v) is 5.66. The van der Waals surface area contributed by atoms with Crippen LogP contribution >= 0.6 is 0 Å². The largest absolute Gasteiger partial charge is 0.496 e. The Balaban J connectivity index is 3.05. The van der Waals surface area contributed by atoms with Crippen molar-refractivity contribution >= 4 is 5.97 Å². The number of nitrogens with zero attached hydrogens (tertiary/aromatic N) is 1. The molecule has 1 aromatic carbocycles. The van der Waals surface area contributed by atoms with Crippen molar-refractivity contribution in [2.75, 3.05) is 14.2 Å². The highest BCUT2D eigenvalue weighted by molar-refractivity contribution is 5.72. The van der Waals surface area contributed by atoms with Gasteiger partial charge in [-0.2, -0.15) is 0 Å². The number of ether oxygens (including phenoxy) is 1. The van der Waals surface area contributed by atoms with Crippen LogP contribution < -0.4 is 4.74 Å². The lowest BCUT2D eigenvalue weighted by molar-refractivity contribution is -0.142. The van der Waals surface area contributed by atoms with Gasteiger partial charge in [0.15, 0.2) is 0 Å². The molecule has 0 aliphatic carbocycles. The monoisotopic (exact) mass is 255 g/mol. The van der Waals surface area contributed by atoms with E-state index >= 15 is 0 Å². The van der Waals surface area contributed by atoms with Crippen LogP contribution in [0.15, 0.2) is 18.2 Å². The molecule has 1 aromatic rings. The number of carbonyl (C=O) groups is 1. The molecule has 0 aromatic heterocycles. The molecule has 0 aliphatic rings. The lowest BCUT2D eigenvalue weighted by atomic mass is 10.0. The molecule has 0 bridgehead atoms. The van der Waals surface area contributed by atoms with Crippen LogP contribution in [-0.2, 0) is 4.79 Å². The van der Waals surface area contributed by atoms with Gasteiger partial charge in [0.05, 0.1) is 7.11 Å². The van der Waals surface area contributed by atoms with Gasteiger partial charge in [-0.05, 0) is 39.1 Å². The molecule has 0 aliphatic heterocycles. The van der Waals surface area contributed by atoms with E-state index in [4.69, 9.17) is 9.84 Å². The highest BCUT2D eigenvalue weighted by atomic mass is 19.1. The fourth-order valence-electron chi connectivity index (χ4n) is 1.76. The Kier molecular flexibility index (Phi) is 4.67. The molecule has 5 heteroatoms. The van der Waals surface area contributed by atoms with E-state index in [1.54, 1.807) is 24.9 Å². The number of benzene rings is 1. The molecule has 2 unspecified atom stereocenters. The normalized spacial score (nSPS) is 14.3. The summed E-state index contributed by atoms with van der Waals surface area (Å²) in [5.74, 6) is -0.734. The van der Waals surface area contributed by atoms with E-state index < -0.39 is 12.0 Å². The van der Waals surface area contributed by atoms with Crippen LogP contribution in [0.2, 0.25) is 0 Å². The maximum absolute atomic E-state index is 13.3. The van der Waals surface area contributed by atoms with Crippen LogP contribution in [-0.4, -0.2) is 36.2 Å². The molecule has 0 fully saturated rings. The van der Waals surface area contributed by atoms with Crippen LogP contribution in [0, 0.1) is 5.82 Å². The van der Waals surface area contributed by atoms with Crippen molar-refractivity contribution in [3.8, 4) is 5.75 Å². The standard InChI is InChI=1S/C13H18FNO3/c1-8(15(3)9(2)13(16)17)11-7-10(14)5-6-12(11)18-4/h5-9H,1-4H3,(H,16,17). The van der Waals surface area contributed by atoms with E-state index in [9.17, 15) is 9.18 Å². The van der Waals surface area contributed by atoms with Gasteiger partial charge >= 0.3 is 5.97 Å². The molecule has 0 saturated heterocycles. The van der Waals surface area contributed by atoms with Gasteiger partial charge in [0, 0.05) is 11.6 Å². The SMILES string of the molecule is COc1ccc(F)cc1C(C)N(C)C(C)C(=O)O. The van der Waals surface area contributed by atoms with E-state index in [0.29, 0.717) is 11.3 Å². The van der Waals surface area contributed by atoms with Crippen molar-refractivity contribution < 1.29 is 19.0 Å². The Morgan fingerprint density at radius 2 is 2.06 bits per heavy atom. The van der Waals surface area contributed by atoms with Gasteiger partial charge in [0.25, 0.3) is 0 Å². The molecule has 4 nitrogen and oxygen atoms in total. The smallest absolute Gasteiger partial charge is 0.320 e. The predicted octanol–water partition coefficient (Wildman–Crippen LogP) is 2.30. The summed E-state index contributed by atoms with van der Waals surface area (Å²) in [6.07, 6.45) is 0. The lowest BCUT2D eigenvalue weighted by Gasteiger charge is -2.29. The zero-order valence-corrected chi connectivity index (χ0v) is 11.0. The molecule has 2 atom stereocenters. The number of carboxylic acid groups (broad SMARTS) is 1. The van der Waals surface area contributed by atoms with E-state index in [-0.39, 0.29) is 11.9 Å². The topological polar surface area (TPSA) is 49.8 Å². The summed E-state index contributed by atoms with van der Waals surface area (Å²) in [7, 11) is 3.19. The van der Waals surface area contributed by atoms with Gasteiger partial charge in [-0.1, -0.05) is 0 Å². The van der Waals surface area contributed by atoms with Crippen molar-refractivity contribution in [1.82, 2.24) is 4.90 Å². The number of rotatable bonds is 5. The first kappa shape index (κ1) is 14.4. The fraction of sp³-hybridized carbons (Fsp3) is 0.462. The number of halogens is 1. The van der Waals surface area contributed by atoms with Crippen LogP contribution in [0.3, 0.4) is 0 Å². The molecule has 0 heterocycles. The van der Waals surface area contributed by atoms with Gasteiger partial charge in [-0.15, -0.1) is 0 Å². The maximum Gasteiger partial charge on any atom is 0.320 e. The molecule has 1 N–H and O–H groups in total. The predicted molar refractivity (Wildman–Crippen MR) is 66.2 cm³/mol. The second kappa shape index (κ2) is 5.82. The van der Waals surface area contributed by atoms with Crippen LogP contribution in [0.5, 0.6) is 5.75 Å². The van der Waals surface area contributed by atoms with E-state index in [0.717, 1.165) is 0 Å². The molecule has 0 amide bonds. The number of likely N-dealkylation sites (N-methyl/N-ethyl adjacent to an activating group) is 1. The average molecular weight is 255 g/mol. The Morgan fingerprint density at radius 1 is 1.44 bits per heavy atom. The number of methoxy groups -OCH3 is 1. The third kappa shape index (κ3) is 2.98. The molecular weight excluding hydrogens is 237 g/mol. The zero-order chi connectivity index (χ0) is 13.9. The van der Waals surface area contributed by atoms with Crippen molar-refractivity contribution in [2.24, 2.45) is 0 Å². The van der Waals surface area contributed by atoms with E-state index in [1.807, 2.05) is 6.92 Å². The minimum Gasteiger partial charge on any atom is -0.496 e. The Morgan fingerprint density at radius 3 is 2.56 bits per heavy atom. The molecular formula is C13H18FNO3. The van der Waals surface area contributed by atoms with Crippen molar-refractivity contribution in [3.63, 3.8) is 0 Å². The highest BCUT2D eigenvalue weighted by Crippen LogP contribution is 2.30. The molecule has 1 rings (SSSR count). The number of carboxylic acids is 1.